The molecule has 1 aromatic rings. The van der Waals surface area contributed by atoms with Gasteiger partial charge >= 0.3 is 0 Å². The van der Waals surface area contributed by atoms with Crippen LogP contribution in [-0.2, 0) is 9.53 Å². The number of ether oxygens (including phenoxy) is 1. The van der Waals surface area contributed by atoms with Crippen molar-refractivity contribution in [2.45, 2.75) is 37.8 Å². The first-order chi connectivity index (χ1) is 13.6. The van der Waals surface area contributed by atoms with Gasteiger partial charge in [0, 0.05) is 57.5 Å². The molecule has 0 aromatic heterocycles. The van der Waals surface area contributed by atoms with Gasteiger partial charge in [-0.15, -0.1) is 0 Å². The largest absolute Gasteiger partial charge is 0.381 e. The average molecular weight is 389 g/mol. The number of likely N-dealkylation sites (tertiary alicyclic amines) is 1. The first-order valence-electron chi connectivity index (χ1n) is 10.3. The van der Waals surface area contributed by atoms with Crippen LogP contribution in [0.1, 0.15) is 36.0 Å². The van der Waals surface area contributed by atoms with Crippen LogP contribution >= 0.6 is 0 Å². The van der Waals surface area contributed by atoms with Crippen molar-refractivity contribution in [1.82, 2.24) is 14.7 Å². The van der Waals surface area contributed by atoms with Crippen LogP contribution in [0.5, 0.6) is 0 Å². The number of hydrogen-bond donors (Lipinski definition) is 0. The molecule has 1 aromatic carbocycles. The molecular formula is C21H28FN3O3. The van der Waals surface area contributed by atoms with Crippen molar-refractivity contribution in [3.63, 3.8) is 0 Å². The fourth-order valence-electron chi connectivity index (χ4n) is 4.62. The number of piperazine rings is 1. The summed E-state index contributed by atoms with van der Waals surface area (Å²) in [5.74, 6) is -0.300. The van der Waals surface area contributed by atoms with E-state index in [0.29, 0.717) is 37.8 Å². The van der Waals surface area contributed by atoms with Crippen LogP contribution in [0.3, 0.4) is 0 Å². The van der Waals surface area contributed by atoms with E-state index in [4.69, 9.17) is 4.74 Å². The Labute approximate surface area is 165 Å². The second-order valence-electron chi connectivity index (χ2n) is 7.87. The van der Waals surface area contributed by atoms with Gasteiger partial charge in [-0.05, 0) is 43.9 Å². The molecule has 0 saturated carbocycles. The molecule has 152 valence electrons. The van der Waals surface area contributed by atoms with E-state index in [1.54, 1.807) is 17.0 Å². The Morgan fingerprint density at radius 1 is 1.04 bits per heavy atom. The standard InChI is InChI=1S/C21H28FN3O3/c22-17-4-1-3-16(15-17)20(26)24-11-9-23(10-12-24)19-5-2-8-25(21(19)27)18-6-13-28-14-7-18/h1,3-4,15,18-19H,2,5-14H2/t19-/m0/s1. The van der Waals surface area contributed by atoms with Gasteiger partial charge in [0.1, 0.15) is 5.82 Å². The van der Waals surface area contributed by atoms with E-state index < -0.39 is 5.82 Å². The summed E-state index contributed by atoms with van der Waals surface area (Å²) in [7, 11) is 0. The molecule has 6 nitrogen and oxygen atoms in total. The Balaban J connectivity index is 1.35. The van der Waals surface area contributed by atoms with E-state index >= 15 is 0 Å². The molecular weight excluding hydrogens is 361 g/mol. The summed E-state index contributed by atoms with van der Waals surface area (Å²) in [6.07, 6.45) is 3.76. The Hall–Kier alpha value is -1.99. The second-order valence-corrected chi connectivity index (χ2v) is 7.87. The molecule has 3 aliphatic heterocycles. The van der Waals surface area contributed by atoms with E-state index in [0.717, 1.165) is 45.4 Å². The molecule has 3 fully saturated rings. The summed E-state index contributed by atoms with van der Waals surface area (Å²) < 4.78 is 18.8. The van der Waals surface area contributed by atoms with Gasteiger partial charge in [0.25, 0.3) is 5.91 Å². The zero-order valence-corrected chi connectivity index (χ0v) is 16.2. The van der Waals surface area contributed by atoms with Crippen molar-refractivity contribution in [3.8, 4) is 0 Å². The predicted molar refractivity (Wildman–Crippen MR) is 102 cm³/mol. The molecule has 4 rings (SSSR count). The summed E-state index contributed by atoms with van der Waals surface area (Å²) in [5, 5.41) is 0. The summed E-state index contributed by atoms with van der Waals surface area (Å²) in [5.41, 5.74) is 0.382. The quantitative estimate of drug-likeness (QED) is 0.791. The first kappa shape index (κ1) is 19.3. The fourth-order valence-corrected chi connectivity index (χ4v) is 4.62. The highest BCUT2D eigenvalue weighted by Gasteiger charge is 2.38. The molecule has 3 aliphatic rings. The van der Waals surface area contributed by atoms with Crippen molar-refractivity contribution in [2.24, 2.45) is 0 Å². The van der Waals surface area contributed by atoms with Gasteiger partial charge < -0.3 is 14.5 Å². The summed E-state index contributed by atoms with van der Waals surface area (Å²) in [4.78, 5) is 31.8. The van der Waals surface area contributed by atoms with Crippen LogP contribution in [0.25, 0.3) is 0 Å². The van der Waals surface area contributed by atoms with E-state index in [1.165, 1.54) is 12.1 Å². The number of nitrogens with zero attached hydrogens (tertiary/aromatic N) is 3. The number of carbonyl (C=O) groups excluding carboxylic acids is 2. The maximum atomic E-state index is 13.4. The van der Waals surface area contributed by atoms with Crippen LogP contribution in [0.2, 0.25) is 0 Å². The molecule has 7 heteroatoms. The van der Waals surface area contributed by atoms with E-state index in [-0.39, 0.29) is 17.9 Å². The van der Waals surface area contributed by atoms with Gasteiger partial charge in [-0.2, -0.15) is 0 Å². The van der Waals surface area contributed by atoms with Gasteiger partial charge in [0.2, 0.25) is 5.91 Å². The van der Waals surface area contributed by atoms with Gasteiger partial charge in [-0.1, -0.05) is 6.07 Å². The van der Waals surface area contributed by atoms with Crippen LogP contribution in [0.15, 0.2) is 24.3 Å². The lowest BCUT2D eigenvalue weighted by molar-refractivity contribution is -0.145. The van der Waals surface area contributed by atoms with E-state index in [9.17, 15) is 14.0 Å². The minimum atomic E-state index is -0.398. The Bertz CT molecular complexity index is 715. The minimum absolute atomic E-state index is 0.0805. The van der Waals surface area contributed by atoms with E-state index in [2.05, 4.69) is 9.80 Å². The Morgan fingerprint density at radius 3 is 2.50 bits per heavy atom. The highest BCUT2D eigenvalue weighted by molar-refractivity contribution is 5.94. The average Bonchev–Trinajstić information content (AvgIpc) is 2.74. The normalized spacial score (nSPS) is 25.2. The second kappa shape index (κ2) is 8.57. The molecule has 0 unspecified atom stereocenters. The van der Waals surface area contributed by atoms with Gasteiger partial charge in [0.15, 0.2) is 0 Å². The van der Waals surface area contributed by atoms with Crippen LogP contribution < -0.4 is 0 Å². The van der Waals surface area contributed by atoms with Gasteiger partial charge in [0.05, 0.1) is 6.04 Å². The monoisotopic (exact) mass is 389 g/mol. The lowest BCUT2D eigenvalue weighted by atomic mass is 9.97. The zero-order chi connectivity index (χ0) is 19.5. The first-order valence-corrected chi connectivity index (χ1v) is 10.3. The number of hydrogen-bond acceptors (Lipinski definition) is 4. The molecule has 0 N–H and O–H groups in total. The third-order valence-electron chi connectivity index (χ3n) is 6.19. The topological polar surface area (TPSA) is 53.1 Å². The smallest absolute Gasteiger partial charge is 0.254 e. The summed E-state index contributed by atoms with van der Waals surface area (Å²) in [6.45, 7) is 4.81. The SMILES string of the molecule is O=C(c1cccc(F)c1)N1CCN([C@H]2CCCN(C3CCOCC3)C2=O)CC1. The van der Waals surface area contributed by atoms with E-state index in [1.807, 2.05) is 0 Å². The molecule has 28 heavy (non-hydrogen) atoms. The zero-order valence-electron chi connectivity index (χ0n) is 16.2. The van der Waals surface area contributed by atoms with Crippen LogP contribution in [0, 0.1) is 5.82 Å². The van der Waals surface area contributed by atoms with Gasteiger partial charge in [-0.25, -0.2) is 4.39 Å². The Morgan fingerprint density at radius 2 is 1.79 bits per heavy atom. The van der Waals surface area contributed by atoms with Crippen molar-refractivity contribution in [1.29, 1.82) is 0 Å². The highest BCUT2D eigenvalue weighted by Crippen LogP contribution is 2.24. The molecule has 3 saturated heterocycles. The third kappa shape index (κ3) is 4.05. The maximum Gasteiger partial charge on any atom is 0.254 e. The lowest BCUT2D eigenvalue weighted by Gasteiger charge is -2.45. The number of carbonyl (C=O) groups is 2. The number of benzene rings is 1. The van der Waals surface area contributed by atoms with Crippen molar-refractivity contribution < 1.29 is 18.7 Å². The van der Waals surface area contributed by atoms with Crippen molar-refractivity contribution in [2.75, 3.05) is 45.9 Å². The molecule has 0 aliphatic carbocycles. The maximum absolute atomic E-state index is 13.4. The predicted octanol–water partition coefficient (Wildman–Crippen LogP) is 1.75. The Kier molecular flexibility index (Phi) is 5.92. The molecule has 1 atom stereocenters. The minimum Gasteiger partial charge on any atom is -0.381 e. The third-order valence-corrected chi connectivity index (χ3v) is 6.19. The lowest BCUT2D eigenvalue weighted by Crippen LogP contribution is -2.60. The van der Waals surface area contributed by atoms with Crippen LogP contribution in [0.4, 0.5) is 4.39 Å². The highest BCUT2D eigenvalue weighted by atomic mass is 19.1. The molecule has 0 radical (unpaired) electrons. The molecule has 3 heterocycles. The summed E-state index contributed by atoms with van der Waals surface area (Å²) >= 11 is 0. The molecule has 2 amide bonds. The number of halogens is 1. The number of piperidine rings is 1. The summed E-state index contributed by atoms with van der Waals surface area (Å²) in [6, 6.07) is 6.06. The van der Waals surface area contributed by atoms with Crippen LogP contribution in [-0.4, -0.2) is 84.5 Å². The van der Waals surface area contributed by atoms with Gasteiger partial charge in [-0.3, -0.25) is 14.5 Å². The van der Waals surface area contributed by atoms with Crippen molar-refractivity contribution in [3.05, 3.63) is 35.6 Å². The van der Waals surface area contributed by atoms with Crippen molar-refractivity contribution >= 4 is 11.8 Å². The molecule has 0 bridgehead atoms. The number of rotatable bonds is 3. The fraction of sp³-hybridized carbons (Fsp3) is 0.619. The number of amides is 2. The molecule has 0 spiro atoms.